The zero-order valence-electron chi connectivity index (χ0n) is 10.0. The summed E-state index contributed by atoms with van der Waals surface area (Å²) in [6, 6.07) is 6.95. The van der Waals surface area contributed by atoms with Crippen LogP contribution in [0.15, 0.2) is 18.2 Å². The topological polar surface area (TPSA) is 29.1 Å². The van der Waals surface area contributed by atoms with Gasteiger partial charge in [0, 0.05) is 12.5 Å². The van der Waals surface area contributed by atoms with Crippen molar-refractivity contribution >= 4 is 5.78 Å². The van der Waals surface area contributed by atoms with Crippen LogP contribution in [0, 0.1) is 13.8 Å². The van der Waals surface area contributed by atoms with E-state index in [1.807, 2.05) is 0 Å². The van der Waals surface area contributed by atoms with Gasteiger partial charge in [-0.25, -0.2) is 0 Å². The highest BCUT2D eigenvalue weighted by molar-refractivity contribution is 5.82. The highest BCUT2D eigenvalue weighted by Crippen LogP contribution is 2.18. The quantitative estimate of drug-likeness (QED) is 0.819. The lowest BCUT2D eigenvalue weighted by Gasteiger charge is -2.05. The van der Waals surface area contributed by atoms with Crippen molar-refractivity contribution in [2.45, 2.75) is 39.2 Å². The second-order valence-corrected chi connectivity index (χ2v) is 4.87. The molecule has 2 rings (SSSR count). The van der Waals surface area contributed by atoms with Crippen LogP contribution in [0.5, 0.6) is 0 Å². The molecule has 1 fully saturated rings. The molecule has 86 valence electrons. The van der Waals surface area contributed by atoms with E-state index in [1.54, 1.807) is 0 Å². The van der Waals surface area contributed by atoms with Gasteiger partial charge in [-0.15, -0.1) is 0 Å². The molecule has 0 spiro atoms. The van der Waals surface area contributed by atoms with Gasteiger partial charge in [0.2, 0.25) is 0 Å². The van der Waals surface area contributed by atoms with E-state index in [1.165, 1.54) is 24.0 Å². The Bertz CT molecular complexity index is 373. The minimum absolute atomic E-state index is 0.289. The Labute approximate surface area is 97.1 Å². The van der Waals surface area contributed by atoms with E-state index in [0.29, 0.717) is 19.0 Å². The maximum atomic E-state index is 11.7. The molecule has 0 radical (unpaired) electrons. The number of hydrogen-bond acceptors (Lipinski definition) is 2. The predicted octanol–water partition coefficient (Wildman–Crippen LogP) is 2.17. The van der Waals surface area contributed by atoms with Crippen LogP contribution in [0.2, 0.25) is 0 Å². The molecule has 0 aromatic heterocycles. The van der Waals surface area contributed by atoms with E-state index in [2.05, 4.69) is 37.4 Å². The van der Waals surface area contributed by atoms with Crippen molar-refractivity contribution in [3.05, 3.63) is 34.9 Å². The van der Waals surface area contributed by atoms with E-state index >= 15 is 0 Å². The summed E-state index contributed by atoms with van der Waals surface area (Å²) >= 11 is 0. The smallest absolute Gasteiger partial charge is 0.150 e. The van der Waals surface area contributed by atoms with Gasteiger partial charge in [-0.1, -0.05) is 29.3 Å². The first-order chi connectivity index (χ1) is 7.63. The molecule has 16 heavy (non-hydrogen) atoms. The predicted molar refractivity (Wildman–Crippen MR) is 65.7 cm³/mol. The molecule has 1 aromatic carbocycles. The normalized spacial score (nSPS) is 15.1. The molecule has 2 nitrogen and oxygen atoms in total. The Balaban J connectivity index is 1.88. The third-order valence-corrected chi connectivity index (χ3v) is 2.85. The molecule has 1 aromatic rings. The van der Waals surface area contributed by atoms with Crippen molar-refractivity contribution in [2.24, 2.45) is 0 Å². The SMILES string of the molecule is Cc1cc(C)cc(CC(=O)CNC2CC2)c1. The fourth-order valence-corrected chi connectivity index (χ4v) is 2.01. The zero-order chi connectivity index (χ0) is 11.5. The fraction of sp³-hybridized carbons (Fsp3) is 0.500. The Morgan fingerprint density at radius 2 is 1.88 bits per heavy atom. The Kier molecular flexibility index (Phi) is 3.39. The van der Waals surface area contributed by atoms with Gasteiger partial charge in [0.1, 0.15) is 0 Å². The van der Waals surface area contributed by atoms with Gasteiger partial charge in [-0.05, 0) is 32.3 Å². The minimum Gasteiger partial charge on any atom is -0.307 e. The molecule has 0 heterocycles. The standard InChI is InChI=1S/C14H19NO/c1-10-5-11(2)7-12(6-10)8-14(16)9-15-13-3-4-13/h5-7,13,15H,3-4,8-9H2,1-2H3. The van der Waals surface area contributed by atoms with E-state index in [-0.39, 0.29) is 5.78 Å². The highest BCUT2D eigenvalue weighted by atomic mass is 16.1. The molecule has 0 amide bonds. The van der Waals surface area contributed by atoms with Crippen LogP contribution >= 0.6 is 0 Å². The lowest BCUT2D eigenvalue weighted by Crippen LogP contribution is -2.25. The molecule has 2 heteroatoms. The zero-order valence-corrected chi connectivity index (χ0v) is 10.0. The molecule has 0 unspecified atom stereocenters. The van der Waals surface area contributed by atoms with Crippen molar-refractivity contribution in [1.29, 1.82) is 0 Å². The number of carbonyl (C=O) groups excluding carboxylic acids is 1. The average molecular weight is 217 g/mol. The second kappa shape index (κ2) is 4.79. The minimum atomic E-state index is 0.289. The molecule has 0 bridgehead atoms. The summed E-state index contributed by atoms with van der Waals surface area (Å²) < 4.78 is 0. The third-order valence-electron chi connectivity index (χ3n) is 2.85. The number of aryl methyl sites for hydroxylation is 2. The molecule has 1 saturated carbocycles. The number of nitrogens with one attached hydrogen (secondary N) is 1. The summed E-state index contributed by atoms with van der Waals surface area (Å²) in [6.45, 7) is 4.67. The summed E-state index contributed by atoms with van der Waals surface area (Å²) in [5.41, 5.74) is 3.61. The molecule has 1 N–H and O–H groups in total. The van der Waals surface area contributed by atoms with Crippen molar-refractivity contribution in [3.63, 3.8) is 0 Å². The number of hydrogen-bond donors (Lipinski definition) is 1. The van der Waals surface area contributed by atoms with Crippen LogP contribution in [-0.2, 0) is 11.2 Å². The Morgan fingerprint density at radius 3 is 2.44 bits per heavy atom. The number of Topliss-reactive ketones (excluding diaryl/α,β-unsaturated/α-hetero) is 1. The van der Waals surface area contributed by atoms with E-state index in [9.17, 15) is 4.79 Å². The first-order valence-corrected chi connectivity index (χ1v) is 5.96. The van der Waals surface area contributed by atoms with Crippen LogP contribution in [0.3, 0.4) is 0 Å². The summed E-state index contributed by atoms with van der Waals surface area (Å²) in [6.07, 6.45) is 3.02. The van der Waals surface area contributed by atoms with E-state index in [0.717, 1.165) is 5.56 Å². The van der Waals surface area contributed by atoms with E-state index in [4.69, 9.17) is 0 Å². The lowest BCUT2D eigenvalue weighted by molar-refractivity contribution is -0.117. The molecular weight excluding hydrogens is 198 g/mol. The van der Waals surface area contributed by atoms with Gasteiger partial charge in [0.25, 0.3) is 0 Å². The van der Waals surface area contributed by atoms with Gasteiger partial charge >= 0.3 is 0 Å². The molecular formula is C14H19NO. The molecule has 0 atom stereocenters. The van der Waals surface area contributed by atoms with Crippen LogP contribution in [-0.4, -0.2) is 18.4 Å². The maximum absolute atomic E-state index is 11.7. The van der Waals surface area contributed by atoms with Crippen LogP contribution < -0.4 is 5.32 Å². The van der Waals surface area contributed by atoms with Crippen LogP contribution in [0.25, 0.3) is 0 Å². The first kappa shape index (κ1) is 11.3. The highest BCUT2D eigenvalue weighted by Gasteiger charge is 2.21. The van der Waals surface area contributed by atoms with Gasteiger partial charge in [-0.3, -0.25) is 4.79 Å². The summed E-state index contributed by atoms with van der Waals surface area (Å²) in [5.74, 6) is 0.289. The fourth-order valence-electron chi connectivity index (χ4n) is 2.01. The summed E-state index contributed by atoms with van der Waals surface area (Å²) in [5, 5.41) is 3.26. The lowest BCUT2D eigenvalue weighted by atomic mass is 10.0. The van der Waals surface area contributed by atoms with Crippen molar-refractivity contribution in [1.82, 2.24) is 5.32 Å². The van der Waals surface area contributed by atoms with Gasteiger partial charge in [0.05, 0.1) is 6.54 Å². The number of rotatable bonds is 5. The largest absolute Gasteiger partial charge is 0.307 e. The van der Waals surface area contributed by atoms with Crippen molar-refractivity contribution in [2.75, 3.05) is 6.54 Å². The number of benzene rings is 1. The van der Waals surface area contributed by atoms with Gasteiger partial charge < -0.3 is 5.32 Å². The average Bonchev–Trinajstić information content (AvgIpc) is 2.96. The first-order valence-electron chi connectivity index (χ1n) is 5.96. The monoisotopic (exact) mass is 217 g/mol. The maximum Gasteiger partial charge on any atom is 0.150 e. The number of carbonyl (C=O) groups is 1. The van der Waals surface area contributed by atoms with Gasteiger partial charge in [-0.2, -0.15) is 0 Å². The Morgan fingerprint density at radius 1 is 1.25 bits per heavy atom. The van der Waals surface area contributed by atoms with Crippen LogP contribution in [0.4, 0.5) is 0 Å². The second-order valence-electron chi connectivity index (χ2n) is 4.87. The molecule has 1 aliphatic carbocycles. The third kappa shape index (κ3) is 3.46. The molecule has 0 aliphatic heterocycles. The summed E-state index contributed by atoms with van der Waals surface area (Å²) in [4.78, 5) is 11.7. The molecule has 0 saturated heterocycles. The Hall–Kier alpha value is -1.15. The van der Waals surface area contributed by atoms with Crippen molar-refractivity contribution < 1.29 is 4.79 Å². The van der Waals surface area contributed by atoms with Crippen molar-refractivity contribution in [3.8, 4) is 0 Å². The summed E-state index contributed by atoms with van der Waals surface area (Å²) in [7, 11) is 0. The number of ketones is 1. The van der Waals surface area contributed by atoms with Gasteiger partial charge in [0.15, 0.2) is 5.78 Å². The molecule has 1 aliphatic rings. The van der Waals surface area contributed by atoms with E-state index < -0.39 is 0 Å². The van der Waals surface area contributed by atoms with Crippen LogP contribution in [0.1, 0.15) is 29.5 Å².